The summed E-state index contributed by atoms with van der Waals surface area (Å²) in [6.07, 6.45) is 0.0711. The summed E-state index contributed by atoms with van der Waals surface area (Å²) in [7, 11) is -2.86. The maximum Gasteiger partial charge on any atom is 0.182 e. The Morgan fingerprint density at radius 2 is 2.10 bits per heavy atom. The third-order valence-corrected chi connectivity index (χ3v) is 2.35. The molecule has 0 aromatic rings. The molecule has 4 heteroatoms. The fourth-order valence-corrected chi connectivity index (χ4v) is 1.61. The maximum absolute atomic E-state index is 10.5. The number of rotatable bonds is 2. The van der Waals surface area contributed by atoms with E-state index in [1.165, 1.54) is 5.41 Å². The van der Waals surface area contributed by atoms with Crippen LogP contribution in [0.2, 0.25) is 0 Å². The van der Waals surface area contributed by atoms with E-state index in [9.17, 15) is 8.42 Å². The number of ether oxygens (including phenoxy) is 1. The molecular weight excluding hydrogens is 152 g/mol. The second-order valence-electron chi connectivity index (χ2n) is 2.56. The van der Waals surface area contributed by atoms with Crippen molar-refractivity contribution in [2.75, 3.05) is 5.75 Å². The highest BCUT2D eigenvalue weighted by atomic mass is 32.2. The molecule has 1 aliphatic heterocycles. The van der Waals surface area contributed by atoms with Gasteiger partial charge in [-0.3, -0.25) is 0 Å². The van der Waals surface area contributed by atoms with Gasteiger partial charge >= 0.3 is 0 Å². The van der Waals surface area contributed by atoms with Crippen LogP contribution in [0.5, 0.6) is 0 Å². The zero-order valence-electron chi connectivity index (χ0n) is 5.99. The SMILES string of the molecule is CC(C)OC1=CS(=O)(=O)C1. The normalized spacial score (nSPS) is 21.7. The van der Waals surface area contributed by atoms with Crippen LogP contribution in [-0.4, -0.2) is 20.3 Å². The average molecular weight is 162 g/mol. The summed E-state index contributed by atoms with van der Waals surface area (Å²) in [4.78, 5) is 0. The van der Waals surface area contributed by atoms with Crippen molar-refractivity contribution in [3.05, 3.63) is 11.2 Å². The van der Waals surface area contributed by atoms with E-state index < -0.39 is 9.84 Å². The van der Waals surface area contributed by atoms with Gasteiger partial charge in [0, 0.05) is 0 Å². The first-order valence-corrected chi connectivity index (χ1v) is 4.81. The highest BCUT2D eigenvalue weighted by Gasteiger charge is 2.24. The fourth-order valence-electron chi connectivity index (χ4n) is 0.739. The van der Waals surface area contributed by atoms with Gasteiger partial charge in [-0.2, -0.15) is 0 Å². The highest BCUT2D eigenvalue weighted by molar-refractivity contribution is 7.95. The monoisotopic (exact) mass is 162 g/mol. The predicted molar refractivity (Wildman–Crippen MR) is 38.1 cm³/mol. The van der Waals surface area contributed by atoms with Gasteiger partial charge in [-0.15, -0.1) is 0 Å². The molecular formula is C6H10O3S. The maximum atomic E-state index is 10.5. The predicted octanol–water partition coefficient (Wildman–Crippen LogP) is 0.681. The molecule has 0 saturated heterocycles. The van der Waals surface area contributed by atoms with Crippen LogP contribution in [0, 0.1) is 0 Å². The third kappa shape index (κ3) is 1.73. The zero-order valence-corrected chi connectivity index (χ0v) is 6.81. The Balaban J connectivity index is 2.52. The molecule has 0 unspecified atom stereocenters. The number of hydrogen-bond acceptors (Lipinski definition) is 3. The Morgan fingerprint density at radius 1 is 1.60 bits per heavy atom. The van der Waals surface area contributed by atoms with Gasteiger partial charge in [0.15, 0.2) is 9.84 Å². The van der Waals surface area contributed by atoms with Crippen LogP contribution in [0.4, 0.5) is 0 Å². The van der Waals surface area contributed by atoms with E-state index >= 15 is 0 Å². The molecule has 1 aliphatic rings. The van der Waals surface area contributed by atoms with Crippen molar-refractivity contribution in [1.82, 2.24) is 0 Å². The molecule has 0 aliphatic carbocycles. The van der Waals surface area contributed by atoms with Crippen molar-refractivity contribution in [3.8, 4) is 0 Å². The molecule has 0 atom stereocenters. The van der Waals surface area contributed by atoms with Crippen LogP contribution < -0.4 is 0 Å². The number of hydrogen-bond donors (Lipinski definition) is 0. The molecule has 0 saturated carbocycles. The zero-order chi connectivity index (χ0) is 7.78. The number of sulfone groups is 1. The molecule has 1 rings (SSSR count). The molecule has 10 heavy (non-hydrogen) atoms. The summed E-state index contributed by atoms with van der Waals surface area (Å²) in [5, 5.41) is 1.17. The first-order chi connectivity index (χ1) is 4.49. The minimum absolute atomic E-state index is 0.0711. The summed E-state index contributed by atoms with van der Waals surface area (Å²) < 4.78 is 26.1. The van der Waals surface area contributed by atoms with E-state index in [0.717, 1.165) is 0 Å². The summed E-state index contributed by atoms with van der Waals surface area (Å²) in [6.45, 7) is 3.73. The molecule has 58 valence electrons. The van der Waals surface area contributed by atoms with E-state index in [4.69, 9.17) is 4.74 Å². The van der Waals surface area contributed by atoms with Gasteiger partial charge in [0.2, 0.25) is 0 Å². The largest absolute Gasteiger partial charge is 0.494 e. The first-order valence-electron chi connectivity index (χ1n) is 3.09. The molecule has 0 radical (unpaired) electrons. The molecule has 0 spiro atoms. The van der Waals surface area contributed by atoms with Gasteiger partial charge in [-0.05, 0) is 13.8 Å². The Bertz CT molecular complexity index is 248. The van der Waals surface area contributed by atoms with E-state index in [1.54, 1.807) is 0 Å². The lowest BCUT2D eigenvalue weighted by Crippen LogP contribution is -2.20. The van der Waals surface area contributed by atoms with Crippen LogP contribution >= 0.6 is 0 Å². The van der Waals surface area contributed by atoms with E-state index in [2.05, 4.69) is 0 Å². The minimum atomic E-state index is -2.86. The van der Waals surface area contributed by atoms with E-state index in [0.29, 0.717) is 5.76 Å². The molecule has 0 amide bonds. The lowest BCUT2D eigenvalue weighted by molar-refractivity contribution is 0.148. The van der Waals surface area contributed by atoms with Crippen molar-refractivity contribution in [3.63, 3.8) is 0 Å². The average Bonchev–Trinajstić information content (AvgIpc) is 1.57. The van der Waals surface area contributed by atoms with Gasteiger partial charge in [-0.25, -0.2) is 8.42 Å². The summed E-state index contributed by atoms with van der Waals surface area (Å²) >= 11 is 0. The minimum Gasteiger partial charge on any atom is -0.494 e. The van der Waals surface area contributed by atoms with Crippen molar-refractivity contribution < 1.29 is 13.2 Å². The molecule has 0 fully saturated rings. The van der Waals surface area contributed by atoms with Crippen molar-refractivity contribution in [2.45, 2.75) is 20.0 Å². The van der Waals surface area contributed by atoms with E-state index in [-0.39, 0.29) is 11.9 Å². The molecule has 0 N–H and O–H groups in total. The van der Waals surface area contributed by atoms with Crippen LogP contribution in [-0.2, 0) is 14.6 Å². The summed E-state index contributed by atoms with van der Waals surface area (Å²) in [6, 6.07) is 0. The van der Waals surface area contributed by atoms with Gasteiger partial charge in [0.1, 0.15) is 11.5 Å². The van der Waals surface area contributed by atoms with Crippen LogP contribution in [0.15, 0.2) is 11.2 Å². The molecule has 0 aromatic heterocycles. The Kier molecular flexibility index (Phi) is 1.72. The summed E-state index contributed by atoms with van der Waals surface area (Å²) in [5.41, 5.74) is 0. The van der Waals surface area contributed by atoms with Gasteiger partial charge in [-0.1, -0.05) is 0 Å². The quantitative estimate of drug-likeness (QED) is 0.599. The van der Waals surface area contributed by atoms with Crippen LogP contribution in [0.1, 0.15) is 13.8 Å². The molecule has 1 heterocycles. The standard InChI is InChI=1S/C6H10O3S/c1-5(2)9-6-3-10(7,8)4-6/h3,5H,4H2,1-2H3. The Morgan fingerprint density at radius 3 is 2.40 bits per heavy atom. The van der Waals surface area contributed by atoms with Gasteiger partial charge < -0.3 is 4.74 Å². The second-order valence-corrected chi connectivity index (χ2v) is 4.41. The van der Waals surface area contributed by atoms with Crippen molar-refractivity contribution >= 4 is 9.84 Å². The van der Waals surface area contributed by atoms with Crippen molar-refractivity contribution in [1.29, 1.82) is 0 Å². The Labute approximate surface area is 60.6 Å². The molecule has 0 aromatic carbocycles. The van der Waals surface area contributed by atoms with Crippen LogP contribution in [0.25, 0.3) is 0 Å². The van der Waals surface area contributed by atoms with Crippen LogP contribution in [0.3, 0.4) is 0 Å². The molecule has 0 bridgehead atoms. The Hall–Kier alpha value is -0.510. The second kappa shape index (κ2) is 2.27. The third-order valence-electron chi connectivity index (χ3n) is 1.04. The fraction of sp³-hybridized carbons (Fsp3) is 0.667. The topological polar surface area (TPSA) is 43.4 Å². The first kappa shape index (κ1) is 7.60. The van der Waals surface area contributed by atoms with Crippen molar-refractivity contribution in [2.24, 2.45) is 0 Å². The lowest BCUT2D eigenvalue weighted by Gasteiger charge is -2.18. The highest BCUT2D eigenvalue weighted by Crippen LogP contribution is 2.18. The smallest absolute Gasteiger partial charge is 0.182 e. The lowest BCUT2D eigenvalue weighted by atomic mass is 10.5. The van der Waals surface area contributed by atoms with Gasteiger partial charge in [0.25, 0.3) is 0 Å². The molecule has 3 nitrogen and oxygen atoms in total. The van der Waals surface area contributed by atoms with E-state index in [1.807, 2.05) is 13.8 Å². The van der Waals surface area contributed by atoms with Gasteiger partial charge in [0.05, 0.1) is 11.5 Å². The summed E-state index contributed by atoms with van der Waals surface area (Å²) in [5.74, 6) is 0.653.